The monoisotopic (exact) mass is 296 g/mol. The molecule has 2 aromatic rings. The van der Waals surface area contributed by atoms with E-state index in [4.69, 9.17) is 23.2 Å². The third kappa shape index (κ3) is 3.17. The number of benzene rings is 1. The van der Waals surface area contributed by atoms with E-state index < -0.39 is 0 Å². The summed E-state index contributed by atoms with van der Waals surface area (Å²) in [5.74, 6) is 0.622. The van der Waals surface area contributed by atoms with Crippen molar-refractivity contribution in [1.82, 2.24) is 9.97 Å². The summed E-state index contributed by atoms with van der Waals surface area (Å²) in [6, 6.07) is 5.30. The fraction of sp³-hybridized carbons (Fsp3) is 0.286. The van der Waals surface area contributed by atoms with Crippen molar-refractivity contribution in [1.29, 1.82) is 0 Å². The van der Waals surface area contributed by atoms with Crippen LogP contribution < -0.4 is 5.56 Å². The van der Waals surface area contributed by atoms with Gasteiger partial charge in [0.15, 0.2) is 0 Å². The topological polar surface area (TPSA) is 45.8 Å². The van der Waals surface area contributed by atoms with E-state index in [1.165, 1.54) is 0 Å². The molecule has 0 fully saturated rings. The molecule has 0 saturated heterocycles. The Bertz CT molecular complexity index is 665. The summed E-state index contributed by atoms with van der Waals surface area (Å²) in [6.45, 7) is 3.76. The molecule has 2 rings (SSSR count). The molecule has 3 nitrogen and oxygen atoms in total. The molecule has 0 unspecified atom stereocenters. The summed E-state index contributed by atoms with van der Waals surface area (Å²) in [5, 5.41) is 1.17. The van der Waals surface area contributed by atoms with Crippen LogP contribution >= 0.6 is 23.2 Å². The maximum absolute atomic E-state index is 11.8. The summed E-state index contributed by atoms with van der Waals surface area (Å²) >= 11 is 12.0. The number of aryl methyl sites for hydroxylation is 1. The molecule has 1 N–H and O–H groups in total. The van der Waals surface area contributed by atoms with Crippen molar-refractivity contribution in [2.45, 2.75) is 26.7 Å². The number of nitrogens with zero attached hydrogens (tertiary/aromatic N) is 1. The molecule has 0 aliphatic rings. The highest BCUT2D eigenvalue weighted by Gasteiger charge is 2.08. The van der Waals surface area contributed by atoms with Crippen molar-refractivity contribution in [2.75, 3.05) is 0 Å². The third-order valence-electron chi connectivity index (χ3n) is 3.01. The normalized spacial score (nSPS) is 10.7. The van der Waals surface area contributed by atoms with Gasteiger partial charge in [-0.25, -0.2) is 4.98 Å². The summed E-state index contributed by atoms with van der Waals surface area (Å²) in [6.07, 6.45) is 1.22. The van der Waals surface area contributed by atoms with Crippen LogP contribution in [0.2, 0.25) is 10.0 Å². The first-order valence-electron chi connectivity index (χ1n) is 6.04. The van der Waals surface area contributed by atoms with Gasteiger partial charge in [-0.05, 0) is 31.0 Å². The Hall–Kier alpha value is -1.32. The van der Waals surface area contributed by atoms with Gasteiger partial charge in [-0.15, -0.1) is 0 Å². The van der Waals surface area contributed by atoms with Gasteiger partial charge in [-0.2, -0.15) is 0 Å². The molecule has 0 bridgehead atoms. The quantitative estimate of drug-likeness (QED) is 0.942. The first-order chi connectivity index (χ1) is 9.01. The molecule has 0 spiro atoms. The van der Waals surface area contributed by atoms with E-state index in [0.717, 1.165) is 17.7 Å². The fourth-order valence-electron chi connectivity index (χ4n) is 1.90. The Kier molecular flexibility index (Phi) is 4.27. The molecular formula is C14H14Cl2N2O. The van der Waals surface area contributed by atoms with Crippen LogP contribution in [0.5, 0.6) is 0 Å². The van der Waals surface area contributed by atoms with Crippen LogP contribution in [0.1, 0.15) is 29.6 Å². The van der Waals surface area contributed by atoms with E-state index in [9.17, 15) is 4.79 Å². The van der Waals surface area contributed by atoms with E-state index in [-0.39, 0.29) is 5.56 Å². The zero-order valence-electron chi connectivity index (χ0n) is 10.8. The third-order valence-corrected chi connectivity index (χ3v) is 3.60. The summed E-state index contributed by atoms with van der Waals surface area (Å²) in [5.41, 5.74) is 2.30. The number of H-pyrrole nitrogens is 1. The van der Waals surface area contributed by atoms with Crippen LogP contribution in [0, 0.1) is 6.92 Å². The van der Waals surface area contributed by atoms with Crippen molar-refractivity contribution in [3.8, 4) is 0 Å². The predicted molar refractivity (Wildman–Crippen MR) is 78.2 cm³/mol. The number of aromatic nitrogens is 2. The molecule has 0 aliphatic carbocycles. The van der Waals surface area contributed by atoms with Gasteiger partial charge in [0.05, 0.1) is 5.69 Å². The van der Waals surface area contributed by atoms with Crippen molar-refractivity contribution in [3.63, 3.8) is 0 Å². The molecule has 1 aromatic heterocycles. The summed E-state index contributed by atoms with van der Waals surface area (Å²) in [7, 11) is 0. The zero-order valence-corrected chi connectivity index (χ0v) is 12.3. The van der Waals surface area contributed by atoms with Crippen molar-refractivity contribution >= 4 is 23.2 Å². The highest BCUT2D eigenvalue weighted by molar-refractivity contribution is 6.35. The summed E-state index contributed by atoms with van der Waals surface area (Å²) in [4.78, 5) is 19.0. The highest BCUT2D eigenvalue weighted by Crippen LogP contribution is 2.22. The van der Waals surface area contributed by atoms with Crippen LogP contribution in [-0.4, -0.2) is 9.97 Å². The number of aromatic amines is 1. The lowest BCUT2D eigenvalue weighted by Crippen LogP contribution is -2.17. The largest absolute Gasteiger partial charge is 0.310 e. The number of hydrogen-bond donors (Lipinski definition) is 1. The predicted octanol–water partition coefficient (Wildman–Crippen LogP) is 3.54. The average Bonchev–Trinajstić information content (AvgIpc) is 2.37. The van der Waals surface area contributed by atoms with Crippen LogP contribution in [0.15, 0.2) is 23.0 Å². The minimum Gasteiger partial charge on any atom is -0.310 e. The smallest absolute Gasteiger partial charge is 0.254 e. The van der Waals surface area contributed by atoms with Crippen LogP contribution in [-0.2, 0) is 12.8 Å². The van der Waals surface area contributed by atoms with Crippen molar-refractivity contribution in [3.05, 3.63) is 61.2 Å². The second-order valence-corrected chi connectivity index (χ2v) is 5.19. The van der Waals surface area contributed by atoms with Crippen LogP contribution in [0.25, 0.3) is 0 Å². The molecule has 19 heavy (non-hydrogen) atoms. The van der Waals surface area contributed by atoms with Gasteiger partial charge in [-0.1, -0.05) is 36.2 Å². The zero-order chi connectivity index (χ0) is 14.0. The van der Waals surface area contributed by atoms with Gasteiger partial charge in [0, 0.05) is 22.0 Å². The Balaban J connectivity index is 2.38. The SMILES string of the molecule is CCc1nc(Cc2ccc(Cl)cc2Cl)[nH]c(=O)c1C. The van der Waals surface area contributed by atoms with Gasteiger partial charge in [0.1, 0.15) is 5.82 Å². The van der Waals surface area contributed by atoms with Gasteiger partial charge in [0.25, 0.3) is 5.56 Å². The van der Waals surface area contributed by atoms with Gasteiger partial charge in [-0.3, -0.25) is 4.79 Å². The molecule has 100 valence electrons. The summed E-state index contributed by atoms with van der Waals surface area (Å²) < 4.78 is 0. The molecule has 0 aliphatic heterocycles. The molecule has 1 heterocycles. The van der Waals surface area contributed by atoms with E-state index in [1.54, 1.807) is 19.1 Å². The first-order valence-corrected chi connectivity index (χ1v) is 6.79. The van der Waals surface area contributed by atoms with E-state index in [1.807, 2.05) is 13.0 Å². The number of rotatable bonds is 3. The van der Waals surface area contributed by atoms with E-state index >= 15 is 0 Å². The van der Waals surface area contributed by atoms with E-state index in [2.05, 4.69) is 9.97 Å². The minimum absolute atomic E-state index is 0.0908. The van der Waals surface area contributed by atoms with Gasteiger partial charge >= 0.3 is 0 Å². The van der Waals surface area contributed by atoms with Crippen LogP contribution in [0.3, 0.4) is 0 Å². The second kappa shape index (κ2) is 5.76. The molecule has 0 atom stereocenters. The standard InChI is InChI=1S/C14H14Cl2N2O/c1-3-12-8(2)14(19)18-13(17-12)6-9-4-5-10(15)7-11(9)16/h4-5,7H,3,6H2,1-2H3,(H,17,18,19). The molecule has 1 aromatic carbocycles. The Labute approximate surface area is 121 Å². The molecule has 5 heteroatoms. The van der Waals surface area contributed by atoms with Gasteiger partial charge in [0.2, 0.25) is 0 Å². The average molecular weight is 297 g/mol. The lowest BCUT2D eigenvalue weighted by Gasteiger charge is -2.07. The minimum atomic E-state index is -0.0908. The Morgan fingerprint density at radius 3 is 2.68 bits per heavy atom. The highest BCUT2D eigenvalue weighted by atomic mass is 35.5. The number of halogens is 2. The lowest BCUT2D eigenvalue weighted by molar-refractivity contribution is 0.868. The van der Waals surface area contributed by atoms with Crippen molar-refractivity contribution in [2.24, 2.45) is 0 Å². The maximum Gasteiger partial charge on any atom is 0.254 e. The first kappa shape index (κ1) is 14.1. The lowest BCUT2D eigenvalue weighted by atomic mass is 10.1. The van der Waals surface area contributed by atoms with Crippen LogP contribution in [0.4, 0.5) is 0 Å². The Morgan fingerprint density at radius 1 is 1.32 bits per heavy atom. The number of hydrogen-bond acceptors (Lipinski definition) is 2. The van der Waals surface area contributed by atoms with Crippen molar-refractivity contribution < 1.29 is 0 Å². The fourth-order valence-corrected chi connectivity index (χ4v) is 2.38. The van der Waals surface area contributed by atoms with E-state index in [0.29, 0.717) is 27.9 Å². The molecule has 0 saturated carbocycles. The maximum atomic E-state index is 11.8. The molecular weight excluding hydrogens is 283 g/mol. The molecule has 0 radical (unpaired) electrons. The second-order valence-electron chi connectivity index (χ2n) is 4.35. The molecule has 0 amide bonds. The Morgan fingerprint density at radius 2 is 2.05 bits per heavy atom. The van der Waals surface area contributed by atoms with Gasteiger partial charge < -0.3 is 4.98 Å². The number of nitrogens with one attached hydrogen (secondary N) is 1.